The molecule has 1 aromatic carbocycles. The minimum absolute atomic E-state index is 0.0568. The van der Waals surface area contributed by atoms with Crippen LogP contribution in [0.2, 0.25) is 0 Å². The minimum atomic E-state index is 0.0568. The van der Waals surface area contributed by atoms with Gasteiger partial charge in [-0.15, -0.1) is 11.8 Å². The van der Waals surface area contributed by atoms with Gasteiger partial charge in [-0.2, -0.15) is 0 Å². The summed E-state index contributed by atoms with van der Waals surface area (Å²) >= 11 is 1.81. The summed E-state index contributed by atoms with van der Waals surface area (Å²) in [6.45, 7) is 8.81. The fraction of sp³-hybridized carbons (Fsp3) is 0.550. The van der Waals surface area contributed by atoms with Gasteiger partial charge in [-0.3, -0.25) is 4.79 Å². The standard InChI is InChI=1S/C20H27NOS/c1-20(2,3)17-9-11-21(12-10-17)19(22)16-13-18(23-14-16)15-7-5-4-6-8-15/h4-8,13,16-17H,9-12,14H2,1-3H3. The Morgan fingerprint density at radius 1 is 1.13 bits per heavy atom. The van der Waals surface area contributed by atoms with E-state index in [2.05, 4.69) is 56.0 Å². The summed E-state index contributed by atoms with van der Waals surface area (Å²) in [6.07, 6.45) is 4.47. The van der Waals surface area contributed by atoms with Gasteiger partial charge in [0, 0.05) is 23.7 Å². The molecule has 23 heavy (non-hydrogen) atoms. The SMILES string of the molecule is CC(C)(C)C1CCN(C(=O)C2C=C(c3ccccc3)SC2)CC1. The first-order valence-corrected chi connectivity index (χ1v) is 9.62. The van der Waals surface area contributed by atoms with Crippen LogP contribution in [-0.2, 0) is 4.79 Å². The third kappa shape index (κ3) is 3.82. The summed E-state index contributed by atoms with van der Waals surface area (Å²) in [6, 6.07) is 10.4. The van der Waals surface area contributed by atoms with Gasteiger partial charge in [0.05, 0.1) is 5.92 Å². The second-order valence-corrected chi connectivity index (χ2v) is 8.84. The molecule has 0 radical (unpaired) electrons. The number of amides is 1. The molecule has 2 nitrogen and oxygen atoms in total. The van der Waals surface area contributed by atoms with E-state index in [1.54, 1.807) is 0 Å². The lowest BCUT2D eigenvalue weighted by molar-refractivity contribution is -0.135. The Kier molecular flexibility index (Phi) is 4.86. The number of carbonyl (C=O) groups is 1. The van der Waals surface area contributed by atoms with Crippen LogP contribution >= 0.6 is 11.8 Å². The number of hydrogen-bond acceptors (Lipinski definition) is 2. The lowest BCUT2D eigenvalue weighted by atomic mass is 9.75. The Hall–Kier alpha value is -1.22. The van der Waals surface area contributed by atoms with Gasteiger partial charge in [-0.05, 0) is 29.7 Å². The summed E-state index contributed by atoms with van der Waals surface area (Å²) in [5.74, 6) is 2.01. The van der Waals surface area contributed by atoms with E-state index in [0.29, 0.717) is 11.3 Å². The van der Waals surface area contributed by atoms with E-state index in [1.165, 1.54) is 10.5 Å². The van der Waals surface area contributed by atoms with Crippen LogP contribution in [0, 0.1) is 17.3 Å². The molecule has 1 saturated heterocycles. The molecule has 2 aliphatic heterocycles. The first-order chi connectivity index (χ1) is 10.9. The third-order valence-electron chi connectivity index (χ3n) is 5.18. The molecule has 2 aliphatic rings. The van der Waals surface area contributed by atoms with Crippen LogP contribution in [0.4, 0.5) is 0 Å². The topological polar surface area (TPSA) is 20.3 Å². The lowest BCUT2D eigenvalue weighted by Crippen LogP contribution is -2.43. The number of carbonyl (C=O) groups excluding carboxylic acids is 1. The Morgan fingerprint density at radius 2 is 1.78 bits per heavy atom. The number of thioether (sulfide) groups is 1. The van der Waals surface area contributed by atoms with Crippen molar-refractivity contribution in [1.29, 1.82) is 0 Å². The van der Waals surface area contributed by atoms with E-state index in [9.17, 15) is 4.79 Å². The summed E-state index contributed by atoms with van der Waals surface area (Å²) < 4.78 is 0. The molecule has 1 amide bonds. The van der Waals surface area contributed by atoms with E-state index >= 15 is 0 Å². The van der Waals surface area contributed by atoms with Crippen LogP contribution in [-0.4, -0.2) is 29.6 Å². The number of nitrogens with zero attached hydrogens (tertiary/aromatic N) is 1. The molecular weight excluding hydrogens is 302 g/mol. The quantitative estimate of drug-likeness (QED) is 0.785. The van der Waals surface area contributed by atoms with Gasteiger partial charge in [0.1, 0.15) is 0 Å². The van der Waals surface area contributed by atoms with Gasteiger partial charge in [-0.25, -0.2) is 0 Å². The molecule has 1 fully saturated rings. The third-order valence-corrected chi connectivity index (χ3v) is 6.39. The number of rotatable bonds is 2. The summed E-state index contributed by atoms with van der Waals surface area (Å²) in [7, 11) is 0. The molecule has 1 unspecified atom stereocenters. The molecule has 0 spiro atoms. The maximum Gasteiger partial charge on any atom is 0.230 e. The smallest absolute Gasteiger partial charge is 0.230 e. The van der Waals surface area contributed by atoms with Crippen molar-refractivity contribution < 1.29 is 4.79 Å². The molecule has 124 valence electrons. The Morgan fingerprint density at radius 3 is 2.39 bits per heavy atom. The number of hydrogen-bond donors (Lipinski definition) is 0. The fourth-order valence-electron chi connectivity index (χ4n) is 3.58. The van der Waals surface area contributed by atoms with Crippen LogP contribution in [0.15, 0.2) is 36.4 Å². The van der Waals surface area contributed by atoms with Crippen LogP contribution in [0.1, 0.15) is 39.2 Å². The maximum atomic E-state index is 12.8. The van der Waals surface area contributed by atoms with Crippen molar-refractivity contribution in [3.63, 3.8) is 0 Å². The van der Waals surface area contributed by atoms with E-state index in [1.807, 2.05) is 17.8 Å². The second kappa shape index (κ2) is 6.72. The molecule has 0 bridgehead atoms. The van der Waals surface area contributed by atoms with Gasteiger partial charge in [0.2, 0.25) is 5.91 Å². The predicted octanol–water partition coefficient (Wildman–Crippen LogP) is 4.68. The minimum Gasteiger partial charge on any atom is -0.342 e. The number of benzene rings is 1. The van der Waals surface area contributed by atoms with Gasteiger partial charge in [0.15, 0.2) is 0 Å². The normalized spacial score (nSPS) is 23.0. The molecular formula is C20H27NOS. The summed E-state index contributed by atoms with van der Waals surface area (Å²) in [4.78, 5) is 16.2. The van der Waals surface area contributed by atoms with Crippen LogP contribution < -0.4 is 0 Å². The van der Waals surface area contributed by atoms with Crippen molar-refractivity contribution in [1.82, 2.24) is 4.90 Å². The fourth-order valence-corrected chi connectivity index (χ4v) is 4.74. The largest absolute Gasteiger partial charge is 0.342 e. The zero-order valence-corrected chi connectivity index (χ0v) is 15.2. The highest BCUT2D eigenvalue weighted by Crippen LogP contribution is 2.39. The average molecular weight is 330 g/mol. The van der Waals surface area contributed by atoms with Crippen molar-refractivity contribution in [3.05, 3.63) is 42.0 Å². The monoisotopic (exact) mass is 329 g/mol. The molecule has 0 saturated carbocycles. The Balaban J connectivity index is 1.61. The van der Waals surface area contributed by atoms with Crippen LogP contribution in [0.3, 0.4) is 0 Å². The van der Waals surface area contributed by atoms with Crippen molar-refractivity contribution in [2.45, 2.75) is 33.6 Å². The molecule has 0 aromatic heterocycles. The van der Waals surface area contributed by atoms with Gasteiger partial charge in [0.25, 0.3) is 0 Å². The molecule has 1 atom stereocenters. The highest BCUT2D eigenvalue weighted by molar-refractivity contribution is 8.08. The Labute approximate surface area is 144 Å². The van der Waals surface area contributed by atoms with Crippen LogP contribution in [0.5, 0.6) is 0 Å². The summed E-state index contributed by atoms with van der Waals surface area (Å²) in [5, 5.41) is 0. The molecule has 0 aliphatic carbocycles. The Bertz CT molecular complexity index is 579. The van der Waals surface area contributed by atoms with E-state index < -0.39 is 0 Å². The second-order valence-electron chi connectivity index (χ2n) is 7.78. The predicted molar refractivity (Wildman–Crippen MR) is 99.1 cm³/mol. The molecule has 3 heteroatoms. The van der Waals surface area contributed by atoms with Crippen molar-refractivity contribution in [2.24, 2.45) is 17.3 Å². The molecule has 1 aromatic rings. The lowest BCUT2D eigenvalue weighted by Gasteiger charge is -2.39. The van der Waals surface area contributed by atoms with Crippen molar-refractivity contribution >= 4 is 22.6 Å². The zero-order chi connectivity index (χ0) is 16.4. The van der Waals surface area contributed by atoms with Gasteiger partial charge in [-0.1, -0.05) is 57.2 Å². The van der Waals surface area contributed by atoms with E-state index in [-0.39, 0.29) is 5.92 Å². The number of piperidine rings is 1. The van der Waals surface area contributed by atoms with E-state index in [4.69, 9.17) is 0 Å². The first-order valence-electron chi connectivity index (χ1n) is 8.64. The zero-order valence-electron chi connectivity index (χ0n) is 14.4. The van der Waals surface area contributed by atoms with Gasteiger partial charge >= 0.3 is 0 Å². The highest BCUT2D eigenvalue weighted by Gasteiger charge is 2.33. The first kappa shape index (κ1) is 16.6. The maximum absolute atomic E-state index is 12.8. The average Bonchev–Trinajstić information content (AvgIpc) is 3.04. The van der Waals surface area contributed by atoms with Crippen LogP contribution in [0.25, 0.3) is 4.91 Å². The molecule has 2 heterocycles. The van der Waals surface area contributed by atoms with E-state index in [0.717, 1.165) is 37.6 Å². The summed E-state index contributed by atoms with van der Waals surface area (Å²) in [5.41, 5.74) is 1.60. The highest BCUT2D eigenvalue weighted by atomic mass is 32.2. The molecule has 3 rings (SSSR count). The van der Waals surface area contributed by atoms with Crippen molar-refractivity contribution in [2.75, 3.05) is 18.8 Å². The number of likely N-dealkylation sites (tertiary alicyclic amines) is 1. The van der Waals surface area contributed by atoms with Gasteiger partial charge < -0.3 is 4.90 Å². The molecule has 0 N–H and O–H groups in total. The van der Waals surface area contributed by atoms with Crippen molar-refractivity contribution in [3.8, 4) is 0 Å².